The molecule has 0 unspecified atom stereocenters. The maximum absolute atomic E-state index is 11.8. The fourth-order valence-electron chi connectivity index (χ4n) is 1.81. The van der Waals surface area contributed by atoms with Crippen molar-refractivity contribution in [3.8, 4) is 11.5 Å². The molecule has 1 aromatic carbocycles. The first-order chi connectivity index (χ1) is 11.5. The number of halogens is 1. The Labute approximate surface area is 148 Å². The van der Waals surface area contributed by atoms with E-state index < -0.39 is 6.04 Å². The first-order valence-corrected chi connectivity index (χ1v) is 8.65. The number of benzene rings is 1. The number of nitrogens with one attached hydrogen (secondary N) is 2. The molecule has 2 aromatic rings. The average Bonchev–Trinajstić information content (AvgIpc) is 3.02. The Bertz CT molecular complexity index is 722. The van der Waals surface area contributed by atoms with E-state index in [2.05, 4.69) is 20.8 Å². The minimum Gasteiger partial charge on any atom is -0.411 e. The van der Waals surface area contributed by atoms with Crippen LogP contribution in [-0.2, 0) is 9.59 Å². The molecule has 2 amide bonds. The Hall–Kier alpha value is -2.06. The summed E-state index contributed by atoms with van der Waals surface area (Å²) in [6.45, 7) is 3.95. The zero-order valence-corrected chi connectivity index (χ0v) is 14.8. The van der Waals surface area contributed by atoms with Crippen molar-refractivity contribution in [1.29, 1.82) is 0 Å². The van der Waals surface area contributed by atoms with E-state index in [4.69, 9.17) is 16.0 Å². The monoisotopic (exact) mass is 368 g/mol. The lowest BCUT2D eigenvalue weighted by Crippen LogP contribution is -2.45. The molecule has 0 aliphatic rings. The van der Waals surface area contributed by atoms with Crippen molar-refractivity contribution in [2.24, 2.45) is 0 Å². The summed E-state index contributed by atoms with van der Waals surface area (Å²) in [7, 11) is 0. The van der Waals surface area contributed by atoms with Gasteiger partial charge < -0.3 is 15.1 Å². The molecule has 0 radical (unpaired) electrons. The first kappa shape index (κ1) is 18.3. The summed E-state index contributed by atoms with van der Waals surface area (Å²) in [5.74, 6) is -0.116. The molecule has 24 heavy (non-hydrogen) atoms. The van der Waals surface area contributed by atoms with Gasteiger partial charge in [-0.1, -0.05) is 29.4 Å². The maximum atomic E-state index is 11.8. The number of amides is 2. The number of carbonyl (C=O) groups excluding carboxylic acids is 2. The van der Waals surface area contributed by atoms with Crippen molar-refractivity contribution in [2.75, 3.05) is 12.3 Å². The first-order valence-electron chi connectivity index (χ1n) is 7.29. The van der Waals surface area contributed by atoms with Gasteiger partial charge in [0.2, 0.25) is 17.7 Å². The summed E-state index contributed by atoms with van der Waals surface area (Å²) < 4.78 is 5.49. The van der Waals surface area contributed by atoms with Crippen molar-refractivity contribution in [3.05, 3.63) is 29.3 Å². The summed E-state index contributed by atoms with van der Waals surface area (Å²) in [6, 6.07) is 6.45. The molecule has 0 spiro atoms. The van der Waals surface area contributed by atoms with Crippen LogP contribution in [0.1, 0.15) is 13.8 Å². The van der Waals surface area contributed by atoms with Crippen molar-refractivity contribution >= 4 is 35.2 Å². The fourth-order valence-corrected chi connectivity index (χ4v) is 2.57. The second kappa shape index (κ2) is 8.70. The van der Waals surface area contributed by atoms with Crippen molar-refractivity contribution < 1.29 is 14.0 Å². The fraction of sp³-hybridized carbons (Fsp3) is 0.333. The summed E-state index contributed by atoms with van der Waals surface area (Å²) in [6.07, 6.45) is 0. The van der Waals surface area contributed by atoms with E-state index in [0.29, 0.717) is 23.0 Å². The van der Waals surface area contributed by atoms with E-state index in [9.17, 15) is 9.59 Å². The van der Waals surface area contributed by atoms with Gasteiger partial charge in [0.25, 0.3) is 5.22 Å². The van der Waals surface area contributed by atoms with E-state index >= 15 is 0 Å². The molecule has 2 rings (SSSR count). The molecule has 0 aliphatic heterocycles. The molecule has 0 fully saturated rings. The molecule has 7 nitrogen and oxygen atoms in total. The molecular weight excluding hydrogens is 352 g/mol. The second-order valence-electron chi connectivity index (χ2n) is 4.86. The van der Waals surface area contributed by atoms with Gasteiger partial charge in [-0.3, -0.25) is 9.59 Å². The third-order valence-corrected chi connectivity index (χ3v) is 3.98. The normalized spacial score (nSPS) is 11.8. The van der Waals surface area contributed by atoms with Crippen LogP contribution in [0.4, 0.5) is 0 Å². The number of carbonyl (C=O) groups is 2. The number of thioether (sulfide) groups is 1. The number of likely N-dealkylation sites (N-methyl/N-ethyl adjacent to an activating group) is 1. The Morgan fingerprint density at radius 2 is 2.17 bits per heavy atom. The topological polar surface area (TPSA) is 97.1 Å². The number of hydrogen-bond donors (Lipinski definition) is 2. The third kappa shape index (κ3) is 5.24. The predicted molar refractivity (Wildman–Crippen MR) is 91.8 cm³/mol. The Morgan fingerprint density at radius 3 is 2.88 bits per heavy atom. The largest absolute Gasteiger partial charge is 0.411 e. The second-order valence-corrected chi connectivity index (χ2v) is 6.22. The summed E-state index contributed by atoms with van der Waals surface area (Å²) in [5.41, 5.74) is 0.705. The molecular formula is C15H17ClN4O3S. The van der Waals surface area contributed by atoms with E-state index in [1.54, 1.807) is 31.2 Å². The molecule has 1 aromatic heterocycles. The van der Waals surface area contributed by atoms with Gasteiger partial charge in [-0.25, -0.2) is 0 Å². The van der Waals surface area contributed by atoms with Crippen LogP contribution in [0.5, 0.6) is 0 Å². The molecule has 1 heterocycles. The SMILES string of the molecule is CCNC(=O)[C@H](C)NC(=O)CSc1nnc(-c2cccc(Cl)c2)o1. The molecule has 0 saturated carbocycles. The van der Waals surface area contributed by atoms with Crippen LogP contribution >= 0.6 is 23.4 Å². The molecule has 0 saturated heterocycles. The van der Waals surface area contributed by atoms with Gasteiger partial charge in [0, 0.05) is 17.1 Å². The predicted octanol–water partition coefficient (Wildman–Crippen LogP) is 2.12. The van der Waals surface area contributed by atoms with E-state index in [-0.39, 0.29) is 22.8 Å². The molecule has 9 heteroatoms. The number of nitrogens with zero attached hydrogens (tertiary/aromatic N) is 2. The van der Waals surface area contributed by atoms with E-state index in [1.165, 1.54) is 0 Å². The van der Waals surface area contributed by atoms with Gasteiger partial charge in [0.05, 0.1) is 5.75 Å². The van der Waals surface area contributed by atoms with Gasteiger partial charge in [-0.2, -0.15) is 0 Å². The minimum absolute atomic E-state index is 0.0704. The Kier molecular flexibility index (Phi) is 6.62. The van der Waals surface area contributed by atoms with Crippen LogP contribution in [0, 0.1) is 0 Å². The van der Waals surface area contributed by atoms with Gasteiger partial charge in [-0.15, -0.1) is 10.2 Å². The van der Waals surface area contributed by atoms with Crippen molar-refractivity contribution in [1.82, 2.24) is 20.8 Å². The Balaban J connectivity index is 1.87. The minimum atomic E-state index is -0.595. The highest BCUT2D eigenvalue weighted by Gasteiger charge is 2.16. The summed E-state index contributed by atoms with van der Waals surface area (Å²) in [4.78, 5) is 23.4. The van der Waals surface area contributed by atoms with Crippen molar-refractivity contribution in [2.45, 2.75) is 25.1 Å². The smallest absolute Gasteiger partial charge is 0.277 e. The van der Waals surface area contributed by atoms with Crippen LogP contribution < -0.4 is 10.6 Å². The highest BCUT2D eigenvalue weighted by Crippen LogP contribution is 2.24. The van der Waals surface area contributed by atoms with Crippen LogP contribution in [0.3, 0.4) is 0 Å². The molecule has 1 atom stereocenters. The summed E-state index contributed by atoms with van der Waals surface area (Å²) in [5, 5.41) is 13.9. The number of hydrogen-bond acceptors (Lipinski definition) is 6. The van der Waals surface area contributed by atoms with Crippen molar-refractivity contribution in [3.63, 3.8) is 0 Å². The zero-order chi connectivity index (χ0) is 17.5. The van der Waals surface area contributed by atoms with Gasteiger partial charge in [-0.05, 0) is 32.0 Å². The van der Waals surface area contributed by atoms with Crippen LogP contribution in [0.15, 0.2) is 33.9 Å². The standard InChI is InChI=1S/C15H17ClN4O3S/c1-3-17-13(22)9(2)18-12(21)8-24-15-20-19-14(23-15)10-5-4-6-11(16)7-10/h4-7,9H,3,8H2,1-2H3,(H,17,22)(H,18,21)/t9-/m0/s1. The van der Waals surface area contributed by atoms with E-state index in [0.717, 1.165) is 11.8 Å². The lowest BCUT2D eigenvalue weighted by atomic mass is 10.2. The summed E-state index contributed by atoms with van der Waals surface area (Å²) >= 11 is 7.02. The molecule has 2 N–H and O–H groups in total. The Morgan fingerprint density at radius 1 is 1.38 bits per heavy atom. The zero-order valence-electron chi connectivity index (χ0n) is 13.2. The van der Waals surface area contributed by atoms with Crippen LogP contribution in [0.25, 0.3) is 11.5 Å². The van der Waals surface area contributed by atoms with Gasteiger partial charge >= 0.3 is 0 Å². The molecule has 128 valence electrons. The van der Waals surface area contributed by atoms with E-state index in [1.807, 2.05) is 6.92 Å². The quantitative estimate of drug-likeness (QED) is 0.726. The lowest BCUT2D eigenvalue weighted by Gasteiger charge is -2.12. The van der Waals surface area contributed by atoms with Crippen LogP contribution in [-0.4, -0.2) is 40.4 Å². The number of aromatic nitrogens is 2. The lowest BCUT2D eigenvalue weighted by molar-refractivity contribution is -0.127. The maximum Gasteiger partial charge on any atom is 0.277 e. The highest BCUT2D eigenvalue weighted by molar-refractivity contribution is 7.99. The van der Waals surface area contributed by atoms with Gasteiger partial charge in [0.15, 0.2) is 0 Å². The highest BCUT2D eigenvalue weighted by atomic mass is 35.5. The average molecular weight is 369 g/mol. The molecule has 0 bridgehead atoms. The third-order valence-electron chi connectivity index (χ3n) is 2.93. The van der Waals surface area contributed by atoms with Gasteiger partial charge in [0.1, 0.15) is 6.04 Å². The molecule has 0 aliphatic carbocycles. The number of rotatable bonds is 7. The van der Waals surface area contributed by atoms with Crippen LogP contribution in [0.2, 0.25) is 5.02 Å².